The number of nitrogens with zero attached hydrogens (tertiary/aromatic N) is 1. The Balaban J connectivity index is 2.21. The Bertz CT molecular complexity index is 850. The van der Waals surface area contributed by atoms with E-state index in [-0.39, 0.29) is 29.8 Å². The summed E-state index contributed by atoms with van der Waals surface area (Å²) < 4.78 is 44.9. The molecular formula is C23H28F3NO. The molecule has 1 N–H and O–H groups in total. The molecule has 1 aliphatic heterocycles. The zero-order chi connectivity index (χ0) is 20.8. The van der Waals surface area contributed by atoms with Crippen LogP contribution in [0.15, 0.2) is 30.3 Å². The first-order chi connectivity index (χ1) is 13.0. The van der Waals surface area contributed by atoms with Crippen LogP contribution in [-0.4, -0.2) is 28.3 Å². The lowest BCUT2D eigenvalue weighted by Gasteiger charge is -2.44. The zero-order valence-corrected chi connectivity index (χ0v) is 17.1. The molecule has 2 nitrogen and oxygen atoms in total. The van der Waals surface area contributed by atoms with E-state index in [1.165, 1.54) is 32.0 Å². The number of hydrogen-bond donors (Lipinski definition) is 1. The minimum Gasteiger partial charge on any atom is -0.508 e. The molecule has 0 aromatic heterocycles. The highest BCUT2D eigenvalue weighted by molar-refractivity contribution is 5.45. The zero-order valence-electron chi connectivity index (χ0n) is 17.1. The van der Waals surface area contributed by atoms with Crippen LogP contribution in [0.2, 0.25) is 0 Å². The smallest absolute Gasteiger partial charge is 0.131 e. The summed E-state index contributed by atoms with van der Waals surface area (Å²) >= 11 is 0. The number of alkyl halides is 1. The van der Waals surface area contributed by atoms with Gasteiger partial charge in [0.1, 0.15) is 23.1 Å². The molecule has 152 valence electrons. The molecule has 0 unspecified atom stereocenters. The summed E-state index contributed by atoms with van der Waals surface area (Å²) in [4.78, 5) is 1.83. The van der Waals surface area contributed by atoms with Crippen molar-refractivity contribution in [3.63, 3.8) is 0 Å². The number of phenolic OH excluding ortho intramolecular Hbond substituents is 1. The van der Waals surface area contributed by atoms with Gasteiger partial charge in [0.15, 0.2) is 0 Å². The van der Waals surface area contributed by atoms with Gasteiger partial charge in [-0.2, -0.15) is 0 Å². The second-order valence-corrected chi connectivity index (χ2v) is 8.78. The summed E-state index contributed by atoms with van der Waals surface area (Å²) in [5.41, 5.74) is 0.539. The van der Waals surface area contributed by atoms with Crippen LogP contribution in [0.25, 0.3) is 0 Å². The van der Waals surface area contributed by atoms with Gasteiger partial charge >= 0.3 is 0 Å². The van der Waals surface area contributed by atoms with E-state index in [9.17, 15) is 9.50 Å². The first-order valence-corrected chi connectivity index (χ1v) is 9.73. The van der Waals surface area contributed by atoms with Crippen molar-refractivity contribution >= 4 is 0 Å². The van der Waals surface area contributed by atoms with Crippen LogP contribution in [0.5, 0.6) is 5.75 Å². The molecule has 0 fully saturated rings. The fourth-order valence-corrected chi connectivity index (χ4v) is 4.11. The molecule has 0 aliphatic carbocycles. The third-order valence-corrected chi connectivity index (χ3v) is 5.43. The van der Waals surface area contributed by atoms with E-state index in [4.69, 9.17) is 0 Å². The Labute approximate surface area is 165 Å². The maximum Gasteiger partial charge on any atom is 0.131 e. The number of rotatable bonds is 4. The van der Waals surface area contributed by atoms with Crippen LogP contribution < -0.4 is 0 Å². The Morgan fingerprint density at radius 2 is 1.75 bits per heavy atom. The molecule has 0 amide bonds. The van der Waals surface area contributed by atoms with Crippen LogP contribution in [0.1, 0.15) is 68.8 Å². The van der Waals surface area contributed by atoms with Gasteiger partial charge in [-0.25, -0.2) is 13.2 Å². The normalized spacial score (nSPS) is 20.5. The van der Waals surface area contributed by atoms with Crippen molar-refractivity contribution in [1.29, 1.82) is 0 Å². The quantitative estimate of drug-likeness (QED) is 0.704. The predicted molar refractivity (Wildman–Crippen MR) is 105 cm³/mol. The molecule has 0 saturated carbocycles. The fourth-order valence-electron chi connectivity index (χ4n) is 4.11. The molecule has 3 rings (SSSR count). The summed E-state index contributed by atoms with van der Waals surface area (Å²) in [5.74, 6) is -1.14. The summed E-state index contributed by atoms with van der Waals surface area (Å²) in [5, 5.41) is 9.87. The minimum atomic E-state index is -1.52. The highest BCUT2D eigenvalue weighted by Crippen LogP contribution is 2.42. The molecule has 5 heteroatoms. The van der Waals surface area contributed by atoms with E-state index in [1.807, 2.05) is 25.7 Å². The van der Waals surface area contributed by atoms with Gasteiger partial charge in [0.25, 0.3) is 0 Å². The molecule has 2 aromatic rings. The molecule has 1 aliphatic rings. The van der Waals surface area contributed by atoms with Gasteiger partial charge in [-0.15, -0.1) is 0 Å². The van der Waals surface area contributed by atoms with Crippen LogP contribution in [0, 0.1) is 11.6 Å². The van der Waals surface area contributed by atoms with Crippen LogP contribution in [0.3, 0.4) is 0 Å². The largest absolute Gasteiger partial charge is 0.508 e. The first kappa shape index (κ1) is 20.7. The summed E-state index contributed by atoms with van der Waals surface area (Å²) in [6.07, 6.45) is 0.573. The van der Waals surface area contributed by atoms with Gasteiger partial charge in [-0.05, 0) is 74.1 Å². The van der Waals surface area contributed by atoms with Crippen molar-refractivity contribution in [2.45, 2.75) is 64.7 Å². The Hall–Kier alpha value is -2.01. The minimum absolute atomic E-state index is 0.00607. The summed E-state index contributed by atoms with van der Waals surface area (Å²) in [6, 6.07) is 6.69. The average Bonchev–Trinajstić information content (AvgIpc) is 2.55. The molecule has 28 heavy (non-hydrogen) atoms. The molecule has 0 bridgehead atoms. The molecule has 0 spiro atoms. The molecule has 2 atom stereocenters. The summed E-state index contributed by atoms with van der Waals surface area (Å²) in [7, 11) is 0. The lowest BCUT2D eigenvalue weighted by Crippen LogP contribution is -2.48. The Morgan fingerprint density at radius 3 is 2.29 bits per heavy atom. The van der Waals surface area contributed by atoms with Crippen molar-refractivity contribution in [2.24, 2.45) is 0 Å². The van der Waals surface area contributed by atoms with Gasteiger partial charge in [0.2, 0.25) is 0 Å². The number of hydrogen-bond acceptors (Lipinski definition) is 2. The molecule has 2 aromatic carbocycles. The van der Waals surface area contributed by atoms with E-state index < -0.39 is 23.3 Å². The van der Waals surface area contributed by atoms with Gasteiger partial charge < -0.3 is 5.11 Å². The van der Waals surface area contributed by atoms with Crippen molar-refractivity contribution in [2.75, 3.05) is 6.54 Å². The first-order valence-electron chi connectivity index (χ1n) is 9.73. The Morgan fingerprint density at radius 1 is 1.14 bits per heavy atom. The molecule has 1 heterocycles. The molecule has 0 saturated heterocycles. The van der Waals surface area contributed by atoms with Crippen LogP contribution in [0.4, 0.5) is 13.2 Å². The Kier molecular flexibility index (Phi) is 5.50. The van der Waals surface area contributed by atoms with Gasteiger partial charge in [0, 0.05) is 18.2 Å². The van der Waals surface area contributed by atoms with Crippen molar-refractivity contribution in [3.05, 3.63) is 64.2 Å². The highest BCUT2D eigenvalue weighted by atomic mass is 19.1. The van der Waals surface area contributed by atoms with Crippen LogP contribution >= 0.6 is 0 Å². The maximum atomic E-state index is 15.2. The van der Waals surface area contributed by atoms with Gasteiger partial charge in [0.05, 0.1) is 6.04 Å². The van der Waals surface area contributed by atoms with Crippen molar-refractivity contribution in [3.8, 4) is 5.75 Å². The van der Waals surface area contributed by atoms with E-state index >= 15 is 8.78 Å². The van der Waals surface area contributed by atoms with E-state index in [1.54, 1.807) is 12.1 Å². The molecular weight excluding hydrogens is 363 g/mol. The average molecular weight is 391 g/mol. The third kappa shape index (κ3) is 4.04. The highest BCUT2D eigenvalue weighted by Gasteiger charge is 2.39. The summed E-state index contributed by atoms with van der Waals surface area (Å²) in [6.45, 7) is 8.67. The second-order valence-electron chi connectivity index (χ2n) is 8.78. The van der Waals surface area contributed by atoms with E-state index in [0.717, 1.165) is 5.56 Å². The van der Waals surface area contributed by atoms with E-state index in [0.29, 0.717) is 17.5 Å². The van der Waals surface area contributed by atoms with Gasteiger partial charge in [-0.3, -0.25) is 4.90 Å². The van der Waals surface area contributed by atoms with E-state index in [2.05, 4.69) is 0 Å². The third-order valence-electron chi connectivity index (χ3n) is 5.43. The lowest BCUT2D eigenvalue weighted by atomic mass is 9.83. The van der Waals surface area contributed by atoms with Gasteiger partial charge in [-0.1, -0.05) is 19.9 Å². The maximum absolute atomic E-state index is 15.2. The number of halogens is 3. The fraction of sp³-hybridized carbons (Fsp3) is 0.478. The standard InChI is InChI=1S/C23H28F3NO/c1-13(2)15-10-19(24)21(20(25)11-15)22-18-7-6-17(28)9-16(18)8-14(3)27(22)12-23(4,5)26/h6-7,9-11,13-14,22,28H,8,12H2,1-5H3/t14-,22+/m1/s1. The second kappa shape index (κ2) is 7.43. The molecule has 0 radical (unpaired) electrons. The van der Waals surface area contributed by atoms with Crippen molar-refractivity contribution < 1.29 is 18.3 Å². The lowest BCUT2D eigenvalue weighted by molar-refractivity contribution is 0.0652. The number of benzene rings is 2. The predicted octanol–water partition coefficient (Wildman–Crippen LogP) is 5.88. The SMILES string of the molecule is CC(C)c1cc(F)c([C@@H]2c3ccc(O)cc3C[C@@H](C)N2CC(C)(C)F)c(F)c1. The number of fused-ring (bicyclic) bond motifs is 1. The monoisotopic (exact) mass is 391 g/mol. The number of phenols is 1. The van der Waals surface area contributed by atoms with Crippen LogP contribution in [-0.2, 0) is 6.42 Å². The topological polar surface area (TPSA) is 23.5 Å². The van der Waals surface area contributed by atoms with Crippen molar-refractivity contribution in [1.82, 2.24) is 4.90 Å². The number of aromatic hydroxyl groups is 1.